The van der Waals surface area contributed by atoms with Gasteiger partial charge >= 0.3 is 0 Å². The summed E-state index contributed by atoms with van der Waals surface area (Å²) in [5.41, 5.74) is 5.55. The molecule has 0 heterocycles. The lowest BCUT2D eigenvalue weighted by Gasteiger charge is -2.20. The molecule has 0 aromatic heterocycles. The van der Waals surface area contributed by atoms with Crippen molar-refractivity contribution < 1.29 is 0 Å². The average molecular weight is 176 g/mol. The van der Waals surface area contributed by atoms with E-state index >= 15 is 0 Å². The van der Waals surface area contributed by atoms with Gasteiger partial charge in [0.25, 0.3) is 0 Å². The first-order valence-corrected chi connectivity index (χ1v) is 4.44. The number of nitrogens with zero attached hydrogens (tertiary/aromatic N) is 1. The topological polar surface area (TPSA) is 15.3 Å². The Bertz CT molecular complexity index is 292. The fourth-order valence-electron chi connectivity index (χ4n) is 1.26. The Morgan fingerprint density at radius 1 is 1.31 bits per heavy atom. The Morgan fingerprint density at radius 2 is 2.00 bits per heavy atom. The summed E-state index contributed by atoms with van der Waals surface area (Å²) >= 11 is 0. The molecule has 2 heteroatoms. The molecule has 1 aromatic carbocycles. The van der Waals surface area contributed by atoms with Gasteiger partial charge in [0, 0.05) is 13.2 Å². The summed E-state index contributed by atoms with van der Waals surface area (Å²) in [6.45, 7) is 4.10. The van der Waals surface area contributed by atoms with E-state index in [2.05, 4.69) is 24.5 Å². The van der Waals surface area contributed by atoms with E-state index in [9.17, 15) is 0 Å². The fraction of sp³-hybridized carbons (Fsp3) is 0.273. The minimum Gasteiger partial charge on any atom is -0.285 e. The summed E-state index contributed by atoms with van der Waals surface area (Å²) in [7, 11) is 1.91. The number of allylic oxidation sites excluding steroid dienone is 1. The summed E-state index contributed by atoms with van der Waals surface area (Å²) in [5.74, 6) is 0. The molecule has 1 N–H and O–H groups in total. The van der Waals surface area contributed by atoms with Gasteiger partial charge in [-0.25, -0.2) is 5.43 Å². The van der Waals surface area contributed by atoms with Crippen molar-refractivity contribution in [2.45, 2.75) is 13.8 Å². The zero-order chi connectivity index (χ0) is 9.68. The van der Waals surface area contributed by atoms with Crippen LogP contribution in [0.1, 0.15) is 12.5 Å². The largest absolute Gasteiger partial charge is 0.285 e. The number of benzene rings is 1. The Morgan fingerprint density at radius 3 is 2.54 bits per heavy atom. The van der Waals surface area contributed by atoms with E-state index in [0.29, 0.717) is 0 Å². The number of hydrogen-bond acceptors (Lipinski definition) is 2. The van der Waals surface area contributed by atoms with Crippen LogP contribution in [0.5, 0.6) is 0 Å². The summed E-state index contributed by atoms with van der Waals surface area (Å²) in [4.78, 5) is 0. The molecule has 2 nitrogen and oxygen atoms in total. The highest BCUT2D eigenvalue weighted by Crippen LogP contribution is 2.17. The van der Waals surface area contributed by atoms with Crippen molar-refractivity contribution in [1.29, 1.82) is 0 Å². The smallest absolute Gasteiger partial charge is 0.0599 e. The first-order valence-electron chi connectivity index (χ1n) is 4.44. The van der Waals surface area contributed by atoms with Crippen LogP contribution in [-0.2, 0) is 0 Å². The van der Waals surface area contributed by atoms with Crippen molar-refractivity contribution >= 4 is 5.69 Å². The molecule has 0 aliphatic carbocycles. The second kappa shape index (κ2) is 4.67. The van der Waals surface area contributed by atoms with Gasteiger partial charge in [-0.1, -0.05) is 24.3 Å². The Labute approximate surface area is 79.8 Å². The Balaban J connectivity index is 2.97. The summed E-state index contributed by atoms with van der Waals surface area (Å²) in [5, 5.41) is 2.00. The Kier molecular flexibility index (Phi) is 3.53. The molecule has 0 unspecified atom stereocenters. The third-order valence-electron chi connectivity index (χ3n) is 1.91. The highest BCUT2D eigenvalue weighted by molar-refractivity contribution is 5.53. The molecule has 0 bridgehead atoms. The van der Waals surface area contributed by atoms with Crippen molar-refractivity contribution in [3.05, 3.63) is 42.1 Å². The summed E-state index contributed by atoms with van der Waals surface area (Å²) in [6, 6.07) is 8.27. The molecule has 0 aliphatic heterocycles. The van der Waals surface area contributed by atoms with Gasteiger partial charge in [-0.2, -0.15) is 0 Å². The third kappa shape index (κ3) is 2.33. The molecule has 0 aliphatic rings. The average Bonchev–Trinajstić information content (AvgIpc) is 2.16. The van der Waals surface area contributed by atoms with E-state index in [4.69, 9.17) is 0 Å². The zero-order valence-corrected chi connectivity index (χ0v) is 8.41. The van der Waals surface area contributed by atoms with Crippen molar-refractivity contribution in [1.82, 2.24) is 5.43 Å². The van der Waals surface area contributed by atoms with E-state index in [-0.39, 0.29) is 0 Å². The maximum Gasteiger partial charge on any atom is 0.0599 e. The van der Waals surface area contributed by atoms with Crippen LogP contribution < -0.4 is 10.4 Å². The number of aryl methyl sites for hydroxylation is 1. The van der Waals surface area contributed by atoms with Crippen LogP contribution in [0.25, 0.3) is 0 Å². The summed E-state index contributed by atoms with van der Waals surface area (Å²) < 4.78 is 0. The van der Waals surface area contributed by atoms with Gasteiger partial charge in [-0.3, -0.25) is 5.01 Å². The highest BCUT2D eigenvalue weighted by atomic mass is 15.5. The number of hydrazine groups is 1. The van der Waals surface area contributed by atoms with E-state index in [0.717, 1.165) is 0 Å². The maximum atomic E-state index is 3.11. The van der Waals surface area contributed by atoms with Crippen LogP contribution in [0.2, 0.25) is 0 Å². The number of nitrogens with one attached hydrogen (secondary N) is 1. The number of para-hydroxylation sites is 1. The van der Waals surface area contributed by atoms with Crippen LogP contribution in [0.3, 0.4) is 0 Å². The van der Waals surface area contributed by atoms with Crippen LogP contribution in [0.4, 0.5) is 5.69 Å². The second-order valence-electron chi connectivity index (χ2n) is 2.86. The third-order valence-corrected chi connectivity index (χ3v) is 1.91. The van der Waals surface area contributed by atoms with Crippen LogP contribution in [0.15, 0.2) is 36.5 Å². The predicted molar refractivity (Wildman–Crippen MR) is 57.5 cm³/mol. The van der Waals surface area contributed by atoms with Gasteiger partial charge in [-0.15, -0.1) is 0 Å². The van der Waals surface area contributed by atoms with Gasteiger partial charge < -0.3 is 0 Å². The molecule has 70 valence electrons. The first-order chi connectivity index (χ1) is 6.29. The molecular weight excluding hydrogens is 160 g/mol. The van der Waals surface area contributed by atoms with E-state index in [1.54, 1.807) is 0 Å². The molecule has 0 saturated heterocycles. The molecule has 1 aromatic rings. The van der Waals surface area contributed by atoms with Crippen LogP contribution >= 0.6 is 0 Å². The molecule has 0 radical (unpaired) electrons. The fourth-order valence-corrected chi connectivity index (χ4v) is 1.26. The highest BCUT2D eigenvalue weighted by Gasteiger charge is 2.01. The molecular formula is C11H16N2. The van der Waals surface area contributed by atoms with E-state index in [1.165, 1.54) is 11.3 Å². The molecule has 0 fully saturated rings. The Hall–Kier alpha value is -1.28. The van der Waals surface area contributed by atoms with E-state index in [1.807, 2.05) is 43.4 Å². The van der Waals surface area contributed by atoms with Gasteiger partial charge in [0.05, 0.1) is 5.69 Å². The lowest BCUT2D eigenvalue weighted by Crippen LogP contribution is -2.29. The predicted octanol–water partition coefficient (Wildman–Crippen LogP) is 2.47. The minimum atomic E-state index is 1.18. The quantitative estimate of drug-likeness (QED) is 0.712. The van der Waals surface area contributed by atoms with E-state index < -0.39 is 0 Å². The van der Waals surface area contributed by atoms with Crippen molar-refractivity contribution in [3.8, 4) is 0 Å². The molecule has 1 rings (SSSR count). The van der Waals surface area contributed by atoms with Crippen LogP contribution in [-0.4, -0.2) is 7.05 Å². The van der Waals surface area contributed by atoms with Crippen LogP contribution in [0, 0.1) is 6.92 Å². The van der Waals surface area contributed by atoms with Gasteiger partial charge in [-0.05, 0) is 25.5 Å². The molecule has 0 atom stereocenters. The number of hydrogen-bond donors (Lipinski definition) is 1. The van der Waals surface area contributed by atoms with Crippen molar-refractivity contribution in [3.63, 3.8) is 0 Å². The SMILES string of the molecule is CC=CN(NC)c1ccccc1C. The lowest BCUT2D eigenvalue weighted by atomic mass is 10.2. The molecule has 0 saturated carbocycles. The maximum absolute atomic E-state index is 3.11. The standard InChI is InChI=1S/C11H16N2/c1-4-9-13(12-3)11-8-6-5-7-10(11)2/h4-9,12H,1-3H3. The molecule has 13 heavy (non-hydrogen) atoms. The lowest BCUT2D eigenvalue weighted by molar-refractivity contribution is 0.822. The summed E-state index contributed by atoms with van der Waals surface area (Å²) in [6.07, 6.45) is 4.01. The van der Waals surface area contributed by atoms with Crippen molar-refractivity contribution in [2.75, 3.05) is 12.1 Å². The monoisotopic (exact) mass is 176 g/mol. The van der Waals surface area contributed by atoms with Crippen molar-refractivity contribution in [2.24, 2.45) is 0 Å². The van der Waals surface area contributed by atoms with Gasteiger partial charge in [0.15, 0.2) is 0 Å². The number of rotatable bonds is 3. The van der Waals surface area contributed by atoms with Gasteiger partial charge in [0.2, 0.25) is 0 Å². The normalized spacial score (nSPS) is 10.7. The molecule has 0 amide bonds. The molecule has 0 spiro atoms. The first kappa shape index (κ1) is 9.81. The zero-order valence-electron chi connectivity index (χ0n) is 8.41. The minimum absolute atomic E-state index is 1.18. The van der Waals surface area contributed by atoms with Gasteiger partial charge in [0.1, 0.15) is 0 Å². The second-order valence-corrected chi connectivity index (χ2v) is 2.86. The number of anilines is 1.